The van der Waals surface area contributed by atoms with Crippen molar-refractivity contribution in [3.63, 3.8) is 0 Å². The highest BCUT2D eigenvalue weighted by atomic mass is 16.5. The summed E-state index contributed by atoms with van der Waals surface area (Å²) in [5, 5.41) is 3.28. The zero-order valence-electron chi connectivity index (χ0n) is 16.4. The molecule has 0 aliphatic carbocycles. The maximum Gasteiger partial charge on any atom is 0.352 e. The second-order valence-electron chi connectivity index (χ2n) is 6.99. The van der Waals surface area contributed by atoms with Gasteiger partial charge >= 0.3 is 5.69 Å². The Kier molecular flexibility index (Phi) is 4.65. The summed E-state index contributed by atoms with van der Waals surface area (Å²) in [5.41, 5.74) is 5.50. The summed E-state index contributed by atoms with van der Waals surface area (Å²) >= 11 is 0. The van der Waals surface area contributed by atoms with Gasteiger partial charge in [-0.25, -0.2) is 4.79 Å². The van der Waals surface area contributed by atoms with Crippen LogP contribution in [-0.2, 0) is 11.2 Å². The second kappa shape index (κ2) is 7.13. The minimum absolute atomic E-state index is 0.371. The first-order valence-corrected chi connectivity index (χ1v) is 9.19. The van der Waals surface area contributed by atoms with E-state index in [9.17, 15) is 4.79 Å². The van der Waals surface area contributed by atoms with Gasteiger partial charge < -0.3 is 14.8 Å². The van der Waals surface area contributed by atoms with Crippen LogP contribution in [0.25, 0.3) is 11.3 Å². The molecule has 0 saturated heterocycles. The largest absolute Gasteiger partial charge is 0.491 e. The van der Waals surface area contributed by atoms with Crippen molar-refractivity contribution < 1.29 is 9.47 Å². The number of methoxy groups -OCH3 is 2. The Labute approximate surface area is 163 Å². The summed E-state index contributed by atoms with van der Waals surface area (Å²) in [6.07, 6.45) is 0.183. The Morgan fingerprint density at radius 3 is 2.64 bits per heavy atom. The van der Waals surface area contributed by atoms with Gasteiger partial charge in [-0.05, 0) is 31.0 Å². The summed E-state index contributed by atoms with van der Waals surface area (Å²) < 4.78 is 12.9. The molecule has 3 aromatic rings. The number of nitrogens with one attached hydrogen (secondary N) is 1. The molecule has 0 bridgehead atoms. The molecule has 4 rings (SSSR count). The molecule has 1 unspecified atom stereocenters. The highest BCUT2D eigenvalue weighted by Gasteiger charge is 2.30. The van der Waals surface area contributed by atoms with Crippen molar-refractivity contribution in [3.05, 3.63) is 69.6 Å². The number of ether oxygens (including phenoxy) is 2. The summed E-state index contributed by atoms with van der Waals surface area (Å²) in [5.74, 6) is 0.922. The molecular formula is C22H23N3O3. The van der Waals surface area contributed by atoms with Crippen LogP contribution < -0.4 is 15.7 Å². The first-order chi connectivity index (χ1) is 13.5. The quantitative estimate of drug-likeness (QED) is 0.745. The molecule has 1 aromatic heterocycles. The van der Waals surface area contributed by atoms with Crippen molar-refractivity contribution in [1.82, 2.24) is 9.55 Å². The number of aryl methyl sites for hydroxylation is 2. The minimum atomic E-state index is -0.422. The fourth-order valence-corrected chi connectivity index (χ4v) is 3.79. The Hall–Kier alpha value is -3.12. The first-order valence-electron chi connectivity index (χ1n) is 9.19. The molecule has 28 heavy (non-hydrogen) atoms. The Morgan fingerprint density at radius 2 is 1.93 bits per heavy atom. The first kappa shape index (κ1) is 18.3. The van der Waals surface area contributed by atoms with Gasteiger partial charge in [0.05, 0.1) is 7.11 Å². The third-order valence-electron chi connectivity index (χ3n) is 5.15. The average molecular weight is 377 g/mol. The fourth-order valence-electron chi connectivity index (χ4n) is 3.79. The number of rotatable bonds is 4. The lowest BCUT2D eigenvalue weighted by Gasteiger charge is -2.30. The van der Waals surface area contributed by atoms with Crippen LogP contribution >= 0.6 is 0 Å². The topological polar surface area (TPSA) is 65.4 Å². The van der Waals surface area contributed by atoms with Crippen molar-refractivity contribution in [2.45, 2.75) is 26.5 Å². The molecule has 144 valence electrons. The van der Waals surface area contributed by atoms with Gasteiger partial charge in [-0.2, -0.15) is 4.98 Å². The van der Waals surface area contributed by atoms with E-state index in [4.69, 9.17) is 9.47 Å². The highest BCUT2D eigenvalue weighted by molar-refractivity contribution is 5.79. The van der Waals surface area contributed by atoms with Gasteiger partial charge in [-0.3, -0.25) is 4.57 Å². The normalized spacial score (nSPS) is 14.9. The summed E-state index contributed by atoms with van der Waals surface area (Å²) in [6, 6.07) is 14.1. The number of aromatic nitrogens is 2. The van der Waals surface area contributed by atoms with E-state index in [2.05, 4.69) is 16.4 Å². The fraction of sp³-hybridized carbons (Fsp3) is 0.273. The van der Waals surface area contributed by atoms with Crippen LogP contribution in [0.2, 0.25) is 0 Å². The van der Waals surface area contributed by atoms with Gasteiger partial charge in [0.1, 0.15) is 11.9 Å². The molecule has 0 fully saturated rings. The molecule has 6 heteroatoms. The lowest BCUT2D eigenvalue weighted by atomic mass is 9.96. The van der Waals surface area contributed by atoms with Gasteiger partial charge in [0, 0.05) is 24.8 Å². The van der Waals surface area contributed by atoms with E-state index in [0.717, 1.165) is 22.4 Å². The minimum Gasteiger partial charge on any atom is -0.491 e. The zero-order chi connectivity index (χ0) is 19.8. The van der Waals surface area contributed by atoms with Crippen LogP contribution in [0.1, 0.15) is 22.9 Å². The number of hydrogen-bond acceptors (Lipinski definition) is 5. The van der Waals surface area contributed by atoms with E-state index in [-0.39, 0.29) is 5.69 Å². The van der Waals surface area contributed by atoms with Crippen LogP contribution in [-0.4, -0.2) is 23.8 Å². The summed E-state index contributed by atoms with van der Waals surface area (Å²) in [6.45, 7) is 4.06. The monoisotopic (exact) mass is 377 g/mol. The zero-order valence-corrected chi connectivity index (χ0v) is 16.4. The predicted molar refractivity (Wildman–Crippen MR) is 109 cm³/mol. The lowest BCUT2D eigenvalue weighted by molar-refractivity contribution is 0.0392. The highest BCUT2D eigenvalue weighted by Crippen LogP contribution is 2.42. The third kappa shape index (κ3) is 2.96. The molecule has 1 aliphatic heterocycles. The number of hydrogen-bond donors (Lipinski definition) is 1. The van der Waals surface area contributed by atoms with E-state index in [1.54, 1.807) is 18.8 Å². The van der Waals surface area contributed by atoms with Crippen LogP contribution in [0.4, 0.5) is 11.5 Å². The van der Waals surface area contributed by atoms with Crippen molar-refractivity contribution in [2.75, 3.05) is 19.5 Å². The van der Waals surface area contributed by atoms with Gasteiger partial charge in [0.2, 0.25) is 0 Å². The van der Waals surface area contributed by atoms with Gasteiger partial charge in [-0.15, -0.1) is 0 Å². The molecule has 1 N–H and O–H groups in total. The SMILES string of the molecule is COc1c(Nc2ccc(C)cc2C)nc(=O)n2c1-c1ccccc1CC2OC. The van der Waals surface area contributed by atoms with Crippen molar-refractivity contribution in [1.29, 1.82) is 0 Å². The molecule has 0 amide bonds. The third-order valence-corrected chi connectivity index (χ3v) is 5.15. The number of anilines is 2. The Balaban J connectivity index is 1.94. The van der Waals surface area contributed by atoms with Gasteiger partial charge in [0.25, 0.3) is 0 Å². The van der Waals surface area contributed by atoms with Crippen LogP contribution in [0.3, 0.4) is 0 Å². The molecule has 1 aliphatic rings. The number of nitrogens with zero attached hydrogens (tertiary/aromatic N) is 2. The number of benzene rings is 2. The standard InChI is InChI=1S/C22H23N3O3/c1-13-9-10-17(14(2)11-13)23-21-20(28-4)19-16-8-6-5-7-15(16)12-18(27-3)25(19)22(26)24-21/h5-11,18H,12H2,1-4H3,(H,23,24,26). The van der Waals surface area contributed by atoms with Crippen LogP contribution in [0.5, 0.6) is 5.75 Å². The predicted octanol–water partition coefficient (Wildman–Crippen LogP) is 3.98. The number of fused-ring (bicyclic) bond motifs is 3. The summed E-state index contributed by atoms with van der Waals surface area (Å²) in [4.78, 5) is 17.2. The lowest BCUT2D eigenvalue weighted by Crippen LogP contribution is -2.34. The van der Waals surface area contributed by atoms with Crippen molar-refractivity contribution in [2.24, 2.45) is 0 Å². The van der Waals surface area contributed by atoms with Gasteiger partial charge in [0.15, 0.2) is 11.6 Å². The Morgan fingerprint density at radius 1 is 1.14 bits per heavy atom. The molecule has 6 nitrogen and oxygen atoms in total. The smallest absolute Gasteiger partial charge is 0.352 e. The van der Waals surface area contributed by atoms with Crippen LogP contribution in [0.15, 0.2) is 47.3 Å². The average Bonchev–Trinajstić information content (AvgIpc) is 2.69. The van der Waals surface area contributed by atoms with E-state index in [1.807, 2.05) is 50.2 Å². The van der Waals surface area contributed by atoms with E-state index >= 15 is 0 Å². The van der Waals surface area contributed by atoms with Crippen LogP contribution in [0, 0.1) is 13.8 Å². The molecule has 1 atom stereocenters. The maximum absolute atomic E-state index is 12.9. The van der Waals surface area contributed by atoms with E-state index < -0.39 is 6.23 Å². The maximum atomic E-state index is 12.9. The molecule has 2 aromatic carbocycles. The molecular weight excluding hydrogens is 354 g/mol. The van der Waals surface area contributed by atoms with E-state index in [0.29, 0.717) is 23.7 Å². The molecule has 2 heterocycles. The van der Waals surface area contributed by atoms with Crippen molar-refractivity contribution in [3.8, 4) is 17.0 Å². The molecule has 0 saturated carbocycles. The van der Waals surface area contributed by atoms with Gasteiger partial charge in [-0.1, -0.05) is 42.0 Å². The molecule has 0 spiro atoms. The Bertz CT molecular complexity index is 1100. The summed E-state index contributed by atoms with van der Waals surface area (Å²) in [7, 11) is 3.19. The molecule has 0 radical (unpaired) electrons. The van der Waals surface area contributed by atoms with Crippen molar-refractivity contribution >= 4 is 11.5 Å². The second-order valence-corrected chi connectivity index (χ2v) is 6.99. The van der Waals surface area contributed by atoms with E-state index in [1.165, 1.54) is 5.56 Å².